The summed E-state index contributed by atoms with van der Waals surface area (Å²) < 4.78 is 0. The quantitative estimate of drug-likeness (QED) is 0.435. The van der Waals surface area contributed by atoms with Crippen molar-refractivity contribution < 1.29 is 0 Å². The molecule has 0 saturated heterocycles. The van der Waals surface area contributed by atoms with Crippen molar-refractivity contribution in [2.24, 2.45) is 5.92 Å². The van der Waals surface area contributed by atoms with Gasteiger partial charge in [-0.25, -0.2) is 0 Å². The first-order chi connectivity index (χ1) is 8.61. The smallest absolute Gasteiger partial charge is 0.125 e. The Hall–Kier alpha value is -0.0831. The third kappa shape index (κ3) is 2.71. The zero-order valence-corrected chi connectivity index (χ0v) is 16.1. The van der Waals surface area contributed by atoms with Crippen LogP contribution in [0.2, 0.25) is 11.1 Å². The summed E-state index contributed by atoms with van der Waals surface area (Å²) in [6.45, 7) is 15.2. The molecule has 0 aliphatic rings. The maximum Gasteiger partial charge on any atom is 0.145 e. The van der Waals surface area contributed by atoms with E-state index < -0.39 is 6.69 Å². The molecule has 0 amide bonds. The molecule has 1 unspecified atom stereocenters. The standard InChI is InChI=1S/C17H29BrSi/c1-8-19(18,16(4,5)14(2)3)17(6,7)15-12-10-9-11-13-15/h9-14H,8H2,1-7H3. The van der Waals surface area contributed by atoms with Crippen molar-refractivity contribution in [2.45, 2.75) is 64.6 Å². The highest BCUT2D eigenvalue weighted by Crippen LogP contribution is 2.57. The van der Waals surface area contributed by atoms with Gasteiger partial charge in [0.05, 0.1) is 0 Å². The van der Waals surface area contributed by atoms with Crippen molar-refractivity contribution >= 4 is 22.0 Å². The van der Waals surface area contributed by atoms with Gasteiger partial charge in [0, 0.05) is 0 Å². The van der Waals surface area contributed by atoms with Crippen LogP contribution in [0.4, 0.5) is 0 Å². The van der Waals surface area contributed by atoms with Gasteiger partial charge < -0.3 is 0 Å². The second kappa shape index (κ2) is 5.73. The number of hydrogen-bond acceptors (Lipinski definition) is 0. The first-order valence-electron chi connectivity index (χ1n) is 7.35. The molecule has 0 N–H and O–H groups in total. The van der Waals surface area contributed by atoms with Crippen molar-refractivity contribution in [1.82, 2.24) is 0 Å². The van der Waals surface area contributed by atoms with Crippen LogP contribution in [-0.2, 0) is 5.04 Å². The van der Waals surface area contributed by atoms with E-state index in [0.29, 0.717) is 11.0 Å². The lowest BCUT2D eigenvalue weighted by Gasteiger charge is -2.52. The van der Waals surface area contributed by atoms with Crippen LogP contribution in [0.3, 0.4) is 0 Å². The van der Waals surface area contributed by atoms with Crippen LogP contribution in [0, 0.1) is 5.92 Å². The molecule has 0 spiro atoms. The summed E-state index contributed by atoms with van der Waals surface area (Å²) >= 11 is 4.30. The molecular formula is C17H29BrSi. The van der Waals surface area contributed by atoms with Crippen LogP contribution in [0.5, 0.6) is 0 Å². The van der Waals surface area contributed by atoms with E-state index in [1.54, 1.807) is 0 Å². The third-order valence-corrected chi connectivity index (χ3v) is 19.0. The van der Waals surface area contributed by atoms with Gasteiger partial charge in [-0.15, -0.1) is 15.3 Å². The van der Waals surface area contributed by atoms with E-state index in [-0.39, 0.29) is 5.04 Å². The molecule has 2 heteroatoms. The topological polar surface area (TPSA) is 0 Å². The van der Waals surface area contributed by atoms with E-state index in [9.17, 15) is 0 Å². The molecule has 0 aliphatic carbocycles. The van der Waals surface area contributed by atoms with Crippen LogP contribution < -0.4 is 0 Å². The third-order valence-electron chi connectivity index (χ3n) is 5.44. The highest BCUT2D eigenvalue weighted by molar-refractivity contribution is 9.26. The summed E-state index contributed by atoms with van der Waals surface area (Å²) in [4.78, 5) is 0. The molecule has 1 aromatic carbocycles. The fraction of sp³-hybridized carbons (Fsp3) is 0.647. The normalized spacial score (nSPS) is 16.5. The Morgan fingerprint density at radius 3 is 1.89 bits per heavy atom. The van der Waals surface area contributed by atoms with Crippen molar-refractivity contribution in [3.63, 3.8) is 0 Å². The molecule has 0 saturated carbocycles. The minimum absolute atomic E-state index is 0.219. The molecule has 0 bridgehead atoms. The molecule has 1 rings (SSSR count). The monoisotopic (exact) mass is 340 g/mol. The van der Waals surface area contributed by atoms with Gasteiger partial charge in [-0.05, 0) is 27.6 Å². The van der Waals surface area contributed by atoms with Gasteiger partial charge in [-0.3, -0.25) is 0 Å². The second-order valence-corrected chi connectivity index (χ2v) is 15.9. The van der Waals surface area contributed by atoms with Gasteiger partial charge in [0.25, 0.3) is 0 Å². The van der Waals surface area contributed by atoms with Crippen molar-refractivity contribution in [3.05, 3.63) is 35.9 Å². The van der Waals surface area contributed by atoms with Gasteiger partial charge in [-0.2, -0.15) is 0 Å². The minimum Gasteiger partial charge on any atom is -0.125 e. The first kappa shape index (κ1) is 17.0. The van der Waals surface area contributed by atoms with E-state index in [1.807, 2.05) is 0 Å². The molecule has 0 fully saturated rings. The SMILES string of the molecule is CC[Si](Br)(C(C)(C)c1ccccc1)C(C)(C)C(C)C. The van der Waals surface area contributed by atoms with E-state index in [4.69, 9.17) is 0 Å². The molecule has 1 aromatic rings. The Labute approximate surface area is 128 Å². The zero-order chi connectivity index (χ0) is 14.9. The lowest BCUT2D eigenvalue weighted by atomic mass is 9.98. The van der Waals surface area contributed by atoms with E-state index >= 15 is 0 Å². The molecule has 0 aliphatic heterocycles. The van der Waals surface area contributed by atoms with Crippen LogP contribution in [-0.4, -0.2) is 6.69 Å². The predicted molar refractivity (Wildman–Crippen MR) is 93.5 cm³/mol. The Morgan fingerprint density at radius 2 is 1.53 bits per heavy atom. The molecule has 1 atom stereocenters. The average molecular weight is 341 g/mol. The number of benzene rings is 1. The summed E-state index contributed by atoms with van der Waals surface area (Å²) in [5.41, 5.74) is 1.47. The summed E-state index contributed by atoms with van der Waals surface area (Å²) in [6, 6.07) is 12.3. The number of hydrogen-bond donors (Lipinski definition) is 0. The molecule has 19 heavy (non-hydrogen) atoms. The van der Waals surface area contributed by atoms with Gasteiger partial charge in [0.1, 0.15) is 6.69 Å². The molecule has 0 nitrogen and oxygen atoms in total. The molecule has 0 heterocycles. The van der Waals surface area contributed by atoms with Crippen LogP contribution in [0.15, 0.2) is 30.3 Å². The highest BCUT2D eigenvalue weighted by atomic mass is 79.9. The lowest BCUT2D eigenvalue weighted by Crippen LogP contribution is -2.56. The zero-order valence-electron chi connectivity index (χ0n) is 13.5. The van der Waals surface area contributed by atoms with E-state index in [1.165, 1.54) is 11.6 Å². The van der Waals surface area contributed by atoms with Gasteiger partial charge in [0.15, 0.2) is 0 Å². The van der Waals surface area contributed by atoms with E-state index in [2.05, 4.69) is 94.1 Å². The number of rotatable bonds is 5. The van der Waals surface area contributed by atoms with Crippen molar-refractivity contribution in [2.75, 3.05) is 0 Å². The summed E-state index contributed by atoms with van der Waals surface area (Å²) in [5.74, 6) is 0.682. The molecular weight excluding hydrogens is 312 g/mol. The number of halogens is 1. The predicted octanol–water partition coefficient (Wildman–Crippen LogP) is 6.30. The Balaban J connectivity index is 3.36. The summed E-state index contributed by atoms with van der Waals surface area (Å²) in [6.07, 6.45) is 0. The fourth-order valence-corrected chi connectivity index (χ4v) is 10.2. The van der Waals surface area contributed by atoms with Crippen LogP contribution in [0.1, 0.15) is 54.0 Å². The summed E-state index contributed by atoms with van der Waals surface area (Å²) in [7, 11) is 0. The lowest BCUT2D eigenvalue weighted by molar-refractivity contribution is 0.443. The largest absolute Gasteiger partial charge is 0.145 e. The van der Waals surface area contributed by atoms with Crippen LogP contribution in [0.25, 0.3) is 0 Å². The van der Waals surface area contributed by atoms with Gasteiger partial charge >= 0.3 is 0 Å². The Kier molecular flexibility index (Phi) is 5.12. The van der Waals surface area contributed by atoms with Gasteiger partial charge in [-0.1, -0.05) is 78.8 Å². The minimum atomic E-state index is -1.67. The first-order valence-corrected chi connectivity index (χ1v) is 11.8. The Bertz CT molecular complexity index is 409. The summed E-state index contributed by atoms with van der Waals surface area (Å²) in [5, 5.41) is 0.567. The van der Waals surface area contributed by atoms with Crippen LogP contribution >= 0.6 is 15.3 Å². The highest BCUT2D eigenvalue weighted by Gasteiger charge is 2.55. The molecule has 0 radical (unpaired) electrons. The van der Waals surface area contributed by atoms with E-state index in [0.717, 1.165) is 0 Å². The fourth-order valence-electron chi connectivity index (χ4n) is 3.24. The Morgan fingerprint density at radius 1 is 1.05 bits per heavy atom. The van der Waals surface area contributed by atoms with Crippen molar-refractivity contribution in [3.8, 4) is 0 Å². The second-order valence-electron chi connectivity index (χ2n) is 7.02. The maximum atomic E-state index is 4.30. The molecule has 108 valence electrons. The maximum absolute atomic E-state index is 4.30. The van der Waals surface area contributed by atoms with Gasteiger partial charge in [0.2, 0.25) is 0 Å². The molecule has 0 aromatic heterocycles. The van der Waals surface area contributed by atoms with Crippen molar-refractivity contribution in [1.29, 1.82) is 0 Å². The average Bonchev–Trinajstić information content (AvgIpc) is 2.38.